The van der Waals surface area contributed by atoms with Gasteiger partial charge in [-0.1, -0.05) is 96.5 Å². The minimum atomic E-state index is -0.188. The van der Waals surface area contributed by atoms with Crippen molar-refractivity contribution in [3.05, 3.63) is 83.4 Å². The van der Waals surface area contributed by atoms with E-state index in [9.17, 15) is 9.59 Å². The number of benzene rings is 2. The van der Waals surface area contributed by atoms with Gasteiger partial charge in [0, 0.05) is 10.8 Å². The lowest BCUT2D eigenvalue weighted by atomic mass is 9.33. The Labute approximate surface area is 289 Å². The van der Waals surface area contributed by atoms with E-state index in [0.29, 0.717) is 47.3 Å². The molecule has 0 N–H and O–H groups in total. The van der Waals surface area contributed by atoms with Gasteiger partial charge in [0.15, 0.2) is 0 Å². The Morgan fingerprint density at radius 1 is 0.729 bits per heavy atom. The minimum Gasteiger partial charge on any atom is -0.461 e. The molecular weight excluding hydrogens is 592 g/mol. The van der Waals surface area contributed by atoms with Crippen molar-refractivity contribution in [1.29, 1.82) is 0 Å². The van der Waals surface area contributed by atoms with Crippen LogP contribution in [0.3, 0.4) is 0 Å². The molecule has 0 bridgehead atoms. The van der Waals surface area contributed by atoms with Crippen LogP contribution in [0.4, 0.5) is 0 Å². The Morgan fingerprint density at radius 3 is 2.04 bits per heavy atom. The first-order chi connectivity index (χ1) is 22.8. The molecule has 48 heavy (non-hydrogen) atoms. The van der Waals surface area contributed by atoms with Gasteiger partial charge in [-0.25, -0.2) is 9.59 Å². The molecule has 0 saturated heterocycles. The molecule has 0 aromatic heterocycles. The number of hydrogen-bond acceptors (Lipinski definition) is 4. The average Bonchev–Trinajstić information content (AvgIpc) is 3.08. The topological polar surface area (TPSA) is 52.6 Å². The lowest BCUT2D eigenvalue weighted by Gasteiger charge is -2.71. The number of carbonyl (C=O) groups is 2. The summed E-state index contributed by atoms with van der Waals surface area (Å²) in [6, 6.07) is 19.0. The highest BCUT2D eigenvalue weighted by Gasteiger charge is 2.69. The van der Waals surface area contributed by atoms with Gasteiger partial charge in [0.25, 0.3) is 0 Å². The zero-order valence-corrected chi connectivity index (χ0v) is 30.5. The third-order valence-corrected chi connectivity index (χ3v) is 15.9. The van der Waals surface area contributed by atoms with E-state index in [1.54, 1.807) is 5.57 Å². The molecule has 3 unspecified atom stereocenters. The van der Waals surface area contributed by atoms with Crippen molar-refractivity contribution < 1.29 is 19.1 Å². The standard InChI is InChI=1S/C44H58O4/c1-29-20-25-44(28-47-38(45)31-14-10-8-11-15-31)27-26-42(6)33(37(44)30(29)2)18-19-35-41(5)23-22-36(48-39(46)32-16-12-9-13-17-32)40(3,4)34(41)21-24-43(35,42)7/h8-18,29-30,34-37H,19-28H2,1-7H3/t29-,30+,34?,35?,36+,37?,41+,42-,43-,44-/m1/s1. The molecule has 0 radical (unpaired) electrons. The Bertz CT molecular complexity index is 1560. The van der Waals surface area contributed by atoms with Gasteiger partial charge in [0.05, 0.1) is 17.7 Å². The number of rotatable bonds is 5. The van der Waals surface area contributed by atoms with Crippen molar-refractivity contribution in [1.82, 2.24) is 0 Å². The predicted octanol–water partition coefficient (Wildman–Crippen LogP) is 10.7. The molecule has 4 heteroatoms. The van der Waals surface area contributed by atoms with E-state index in [1.165, 1.54) is 19.3 Å². The highest BCUT2D eigenvalue weighted by atomic mass is 16.5. The summed E-state index contributed by atoms with van der Waals surface area (Å²) in [5.74, 6) is 2.36. The third-order valence-electron chi connectivity index (χ3n) is 15.9. The van der Waals surface area contributed by atoms with Crippen LogP contribution in [0, 0.1) is 56.7 Å². The number of allylic oxidation sites excluding steroid dienone is 2. The zero-order chi connectivity index (χ0) is 34.1. The molecule has 5 aliphatic carbocycles. The lowest BCUT2D eigenvalue weighted by Crippen LogP contribution is -2.65. The molecule has 258 valence electrons. The van der Waals surface area contributed by atoms with Crippen LogP contribution < -0.4 is 0 Å². The van der Waals surface area contributed by atoms with Crippen LogP contribution in [0.15, 0.2) is 72.3 Å². The molecule has 0 heterocycles. The summed E-state index contributed by atoms with van der Waals surface area (Å²) in [4.78, 5) is 26.4. The third kappa shape index (κ3) is 4.97. The fourth-order valence-corrected chi connectivity index (χ4v) is 12.7. The van der Waals surface area contributed by atoms with E-state index in [4.69, 9.17) is 9.47 Å². The quantitative estimate of drug-likeness (QED) is 0.239. The summed E-state index contributed by atoms with van der Waals surface area (Å²) in [5, 5.41) is 0. The first kappa shape index (κ1) is 33.6. The van der Waals surface area contributed by atoms with Crippen LogP contribution in [-0.2, 0) is 9.47 Å². The van der Waals surface area contributed by atoms with Crippen LogP contribution >= 0.6 is 0 Å². The monoisotopic (exact) mass is 650 g/mol. The van der Waals surface area contributed by atoms with Crippen molar-refractivity contribution >= 4 is 11.9 Å². The van der Waals surface area contributed by atoms with Crippen LogP contribution in [0.5, 0.6) is 0 Å². The van der Waals surface area contributed by atoms with Gasteiger partial charge in [-0.05, 0) is 128 Å². The van der Waals surface area contributed by atoms with Crippen molar-refractivity contribution in [2.75, 3.05) is 6.61 Å². The van der Waals surface area contributed by atoms with Gasteiger partial charge >= 0.3 is 11.9 Å². The SMILES string of the molecule is C[C@@H]1CC[C@]2(COC(=O)c3ccccc3)CC[C@]3(C)C(=CCC4[C@@]5(C)CC[C@H](OC(=O)c6ccccc6)C(C)(C)C5CC[C@]43C)C2[C@H]1C. The smallest absolute Gasteiger partial charge is 0.338 e. The average molecular weight is 651 g/mol. The van der Waals surface area contributed by atoms with E-state index in [0.717, 1.165) is 38.5 Å². The largest absolute Gasteiger partial charge is 0.461 e. The second-order valence-electron chi connectivity index (χ2n) is 18.1. The maximum atomic E-state index is 13.2. The van der Waals surface area contributed by atoms with Crippen molar-refractivity contribution in [3.8, 4) is 0 Å². The zero-order valence-electron chi connectivity index (χ0n) is 30.5. The highest BCUT2D eigenvalue weighted by molar-refractivity contribution is 5.89. The van der Waals surface area contributed by atoms with Gasteiger partial charge in [0.1, 0.15) is 6.10 Å². The van der Waals surface area contributed by atoms with E-state index in [2.05, 4.69) is 54.5 Å². The van der Waals surface area contributed by atoms with Crippen molar-refractivity contribution in [2.24, 2.45) is 56.7 Å². The van der Waals surface area contributed by atoms with Crippen molar-refractivity contribution in [3.63, 3.8) is 0 Å². The summed E-state index contributed by atoms with van der Waals surface area (Å²) < 4.78 is 12.6. The summed E-state index contributed by atoms with van der Waals surface area (Å²) in [5.41, 5.74) is 3.39. The molecule has 5 aliphatic rings. The Hall–Kier alpha value is -2.88. The first-order valence-corrected chi connectivity index (χ1v) is 19.0. The normalized spacial score (nSPS) is 41.4. The summed E-state index contributed by atoms with van der Waals surface area (Å²) in [7, 11) is 0. The number of hydrogen-bond donors (Lipinski definition) is 0. The van der Waals surface area contributed by atoms with E-state index < -0.39 is 0 Å². The van der Waals surface area contributed by atoms with Crippen LogP contribution in [-0.4, -0.2) is 24.6 Å². The molecule has 0 spiro atoms. The molecule has 10 atom stereocenters. The Morgan fingerprint density at radius 2 is 1.38 bits per heavy atom. The number of carbonyl (C=O) groups excluding carboxylic acids is 2. The second kappa shape index (κ2) is 11.9. The van der Waals surface area contributed by atoms with Crippen LogP contribution in [0.2, 0.25) is 0 Å². The minimum absolute atomic E-state index is 0.00862. The summed E-state index contributed by atoms with van der Waals surface area (Å²) >= 11 is 0. The fourth-order valence-electron chi connectivity index (χ4n) is 12.7. The number of fused-ring (bicyclic) bond motifs is 7. The Balaban J connectivity index is 1.17. The van der Waals surface area contributed by atoms with E-state index in [1.807, 2.05) is 60.7 Å². The van der Waals surface area contributed by atoms with Gasteiger partial charge in [-0.2, -0.15) is 0 Å². The van der Waals surface area contributed by atoms with E-state index >= 15 is 0 Å². The lowest BCUT2D eigenvalue weighted by molar-refractivity contribution is -0.206. The molecule has 2 aromatic carbocycles. The second-order valence-corrected chi connectivity index (χ2v) is 18.1. The van der Waals surface area contributed by atoms with Crippen LogP contribution in [0.1, 0.15) is 127 Å². The van der Waals surface area contributed by atoms with Crippen molar-refractivity contribution in [2.45, 2.75) is 112 Å². The molecule has 4 fully saturated rings. The highest BCUT2D eigenvalue weighted by Crippen LogP contribution is 2.76. The summed E-state index contributed by atoms with van der Waals surface area (Å²) in [6.07, 6.45) is 12.8. The molecule has 0 aliphatic heterocycles. The van der Waals surface area contributed by atoms with Gasteiger partial charge in [-0.15, -0.1) is 0 Å². The van der Waals surface area contributed by atoms with Crippen LogP contribution in [0.25, 0.3) is 0 Å². The molecular formula is C44H58O4. The van der Waals surface area contributed by atoms with Gasteiger partial charge in [0.2, 0.25) is 0 Å². The maximum absolute atomic E-state index is 13.2. The Kier molecular flexibility index (Phi) is 8.31. The molecule has 0 amide bonds. The van der Waals surface area contributed by atoms with Gasteiger partial charge < -0.3 is 9.47 Å². The first-order valence-electron chi connectivity index (χ1n) is 19.0. The predicted molar refractivity (Wildman–Crippen MR) is 191 cm³/mol. The molecule has 2 aromatic rings. The number of esters is 2. The molecule has 7 rings (SSSR count). The number of ether oxygens (including phenoxy) is 2. The van der Waals surface area contributed by atoms with E-state index in [-0.39, 0.29) is 45.1 Å². The fraction of sp³-hybridized carbons (Fsp3) is 0.636. The molecule has 4 nitrogen and oxygen atoms in total. The summed E-state index contributed by atoms with van der Waals surface area (Å²) in [6.45, 7) is 18.1. The van der Waals surface area contributed by atoms with Gasteiger partial charge in [-0.3, -0.25) is 0 Å². The maximum Gasteiger partial charge on any atom is 0.338 e. The molecule has 4 saturated carbocycles.